The van der Waals surface area contributed by atoms with Gasteiger partial charge in [0.2, 0.25) is 0 Å². The molecule has 3 heteroatoms. The van der Waals surface area contributed by atoms with Crippen LogP contribution in [0.2, 0.25) is 5.02 Å². The average Bonchev–Trinajstić information content (AvgIpc) is 2.64. The van der Waals surface area contributed by atoms with Crippen molar-refractivity contribution in [2.75, 3.05) is 11.9 Å². The van der Waals surface area contributed by atoms with E-state index in [1.807, 2.05) is 84.7 Å². The van der Waals surface area contributed by atoms with Crippen LogP contribution in [0.3, 0.4) is 0 Å². The normalized spacial score (nSPS) is 11.8. The fourth-order valence-corrected chi connectivity index (χ4v) is 2.99. The molecule has 3 rings (SSSR count). The number of rotatable bonds is 4. The number of hydrogen-bond acceptors (Lipinski definition) is 2. The van der Waals surface area contributed by atoms with E-state index in [1.54, 1.807) is 0 Å². The fourth-order valence-electron chi connectivity index (χ4n) is 2.72. The van der Waals surface area contributed by atoms with E-state index < -0.39 is 0 Å². The highest BCUT2D eigenvalue weighted by Crippen LogP contribution is 2.33. The maximum absolute atomic E-state index is 6.55. The number of nitrogens with zero attached hydrogens (tertiary/aromatic N) is 1. The van der Waals surface area contributed by atoms with Gasteiger partial charge in [-0.15, -0.1) is 0 Å². The molecule has 0 unspecified atom stereocenters. The summed E-state index contributed by atoms with van der Waals surface area (Å²) in [5, 5.41) is 0.689. The Morgan fingerprint density at radius 2 is 1.25 bits per heavy atom. The van der Waals surface area contributed by atoms with E-state index >= 15 is 0 Å². The predicted molar refractivity (Wildman–Crippen MR) is 104 cm³/mol. The lowest BCUT2D eigenvalue weighted by atomic mass is 10.0. The van der Waals surface area contributed by atoms with Crippen LogP contribution >= 0.6 is 11.6 Å². The van der Waals surface area contributed by atoms with E-state index in [9.17, 15) is 0 Å². The molecule has 0 radical (unpaired) electrons. The second kappa shape index (κ2) is 7.24. The molecule has 0 bridgehead atoms. The van der Waals surface area contributed by atoms with Gasteiger partial charge in [0.25, 0.3) is 0 Å². The molecule has 0 aromatic heterocycles. The van der Waals surface area contributed by atoms with Gasteiger partial charge in [0.15, 0.2) is 0 Å². The third kappa shape index (κ3) is 3.29. The largest absolute Gasteiger partial charge is 0.397 e. The maximum Gasteiger partial charge on any atom is 0.0721 e. The van der Waals surface area contributed by atoms with Crippen LogP contribution in [0.5, 0.6) is 0 Å². The van der Waals surface area contributed by atoms with Crippen molar-refractivity contribution in [2.24, 2.45) is 5.73 Å². The topological polar surface area (TPSA) is 29.3 Å². The van der Waals surface area contributed by atoms with E-state index in [4.69, 9.17) is 17.3 Å². The first-order valence-electron chi connectivity index (χ1n) is 7.77. The summed E-state index contributed by atoms with van der Waals surface area (Å²) in [6.07, 6.45) is 0. The van der Waals surface area contributed by atoms with Gasteiger partial charge in [-0.2, -0.15) is 0 Å². The first kappa shape index (κ1) is 16.2. The van der Waals surface area contributed by atoms with Crippen molar-refractivity contribution < 1.29 is 0 Å². The van der Waals surface area contributed by atoms with Gasteiger partial charge in [-0.1, -0.05) is 84.4 Å². The van der Waals surface area contributed by atoms with Gasteiger partial charge >= 0.3 is 0 Å². The molecule has 3 aromatic rings. The zero-order valence-electron chi connectivity index (χ0n) is 13.5. The predicted octanol–water partition coefficient (Wildman–Crippen LogP) is 5.26. The molecule has 0 aliphatic carbocycles. The minimum absolute atomic E-state index is 0.689. The Labute approximate surface area is 147 Å². The highest BCUT2D eigenvalue weighted by molar-refractivity contribution is 6.33. The molecule has 0 atom stereocenters. The molecule has 0 fully saturated rings. The van der Waals surface area contributed by atoms with Crippen LogP contribution in [0, 0.1) is 0 Å². The highest BCUT2D eigenvalue weighted by Gasteiger charge is 2.16. The molecule has 3 aromatic carbocycles. The quantitative estimate of drug-likeness (QED) is 0.659. The average molecular weight is 335 g/mol. The van der Waals surface area contributed by atoms with E-state index in [2.05, 4.69) is 12.1 Å². The number of nitrogens with two attached hydrogens (primary N) is 1. The molecule has 2 N–H and O–H groups in total. The molecule has 0 amide bonds. The first-order chi connectivity index (χ1) is 11.7. The van der Waals surface area contributed by atoms with Gasteiger partial charge in [0.1, 0.15) is 0 Å². The van der Waals surface area contributed by atoms with Crippen LogP contribution < -0.4 is 10.6 Å². The monoisotopic (exact) mass is 334 g/mol. The van der Waals surface area contributed by atoms with Crippen molar-refractivity contribution in [1.82, 2.24) is 0 Å². The fraction of sp³-hybridized carbons (Fsp3) is 0.0476. The Kier molecular flexibility index (Phi) is 4.88. The van der Waals surface area contributed by atoms with Gasteiger partial charge in [0.05, 0.1) is 22.1 Å². The molecule has 2 nitrogen and oxygen atoms in total. The Hall–Kier alpha value is -2.71. The van der Waals surface area contributed by atoms with E-state index in [1.165, 1.54) is 0 Å². The van der Waals surface area contributed by atoms with E-state index in [-0.39, 0.29) is 0 Å². The SMILES string of the molecule is CN(/C(=C(\N)c1ccccc1)c1ccccc1)c1ccccc1Cl. The van der Waals surface area contributed by atoms with Gasteiger partial charge in [-0.05, 0) is 17.7 Å². The maximum atomic E-state index is 6.55. The summed E-state index contributed by atoms with van der Waals surface area (Å²) in [5.41, 5.74) is 11.1. The lowest BCUT2D eigenvalue weighted by Crippen LogP contribution is -2.20. The summed E-state index contributed by atoms with van der Waals surface area (Å²) in [7, 11) is 1.99. The zero-order valence-corrected chi connectivity index (χ0v) is 14.2. The summed E-state index contributed by atoms with van der Waals surface area (Å²) in [4.78, 5) is 2.04. The lowest BCUT2D eigenvalue weighted by molar-refractivity contribution is 1.21. The summed E-state index contributed by atoms with van der Waals surface area (Å²) in [5.74, 6) is 0. The smallest absolute Gasteiger partial charge is 0.0721 e. The Balaban J connectivity index is 2.19. The van der Waals surface area contributed by atoms with Crippen LogP contribution in [-0.2, 0) is 0 Å². The third-order valence-corrected chi connectivity index (χ3v) is 4.26. The van der Waals surface area contributed by atoms with Crippen molar-refractivity contribution in [2.45, 2.75) is 0 Å². The third-order valence-electron chi connectivity index (χ3n) is 3.94. The van der Waals surface area contributed by atoms with E-state index in [0.717, 1.165) is 22.5 Å². The number of halogens is 1. The Morgan fingerprint density at radius 1 is 0.750 bits per heavy atom. The Bertz CT molecular complexity index is 842. The molecule has 0 spiro atoms. The molecule has 120 valence electrons. The zero-order chi connectivity index (χ0) is 16.9. The molecular weight excluding hydrogens is 316 g/mol. The van der Waals surface area contributed by atoms with Crippen LogP contribution in [0.15, 0.2) is 84.9 Å². The van der Waals surface area contributed by atoms with Crippen molar-refractivity contribution in [3.8, 4) is 0 Å². The van der Waals surface area contributed by atoms with Gasteiger partial charge in [-0.3, -0.25) is 0 Å². The minimum atomic E-state index is 0.689. The first-order valence-corrected chi connectivity index (χ1v) is 8.15. The number of benzene rings is 3. The van der Waals surface area contributed by atoms with Crippen LogP contribution in [-0.4, -0.2) is 7.05 Å². The van der Waals surface area contributed by atoms with Crippen LogP contribution in [0.4, 0.5) is 5.69 Å². The van der Waals surface area contributed by atoms with Crippen LogP contribution in [0.25, 0.3) is 11.4 Å². The number of para-hydroxylation sites is 1. The standard InChI is InChI=1S/C21H19ClN2/c1-24(19-15-9-8-14-18(19)22)21(17-12-6-3-7-13-17)20(23)16-10-4-2-5-11-16/h2-15H,23H2,1H3/b21-20-. The summed E-state index contributed by atoms with van der Waals surface area (Å²) < 4.78 is 0. The molecule has 0 aliphatic heterocycles. The van der Waals surface area contributed by atoms with Gasteiger partial charge < -0.3 is 10.6 Å². The summed E-state index contributed by atoms with van der Waals surface area (Å²) in [6, 6.07) is 27.9. The van der Waals surface area contributed by atoms with Crippen molar-refractivity contribution in [3.63, 3.8) is 0 Å². The molecule has 0 saturated carbocycles. The van der Waals surface area contributed by atoms with E-state index in [0.29, 0.717) is 10.7 Å². The molecule has 24 heavy (non-hydrogen) atoms. The van der Waals surface area contributed by atoms with Crippen molar-refractivity contribution in [3.05, 3.63) is 101 Å². The molecular formula is C21H19ClN2. The lowest BCUT2D eigenvalue weighted by Gasteiger charge is -2.26. The Morgan fingerprint density at radius 3 is 1.83 bits per heavy atom. The van der Waals surface area contributed by atoms with Crippen molar-refractivity contribution >= 4 is 28.7 Å². The summed E-state index contributed by atoms with van der Waals surface area (Å²) in [6.45, 7) is 0. The minimum Gasteiger partial charge on any atom is -0.397 e. The second-order valence-electron chi connectivity index (χ2n) is 5.50. The number of hydrogen-bond donors (Lipinski definition) is 1. The molecule has 0 heterocycles. The highest BCUT2D eigenvalue weighted by atomic mass is 35.5. The van der Waals surface area contributed by atoms with Gasteiger partial charge in [-0.25, -0.2) is 0 Å². The van der Waals surface area contributed by atoms with Crippen LogP contribution in [0.1, 0.15) is 11.1 Å². The van der Waals surface area contributed by atoms with Crippen molar-refractivity contribution in [1.29, 1.82) is 0 Å². The molecule has 0 aliphatic rings. The number of anilines is 1. The summed E-state index contributed by atoms with van der Waals surface area (Å²) >= 11 is 6.40. The second-order valence-corrected chi connectivity index (χ2v) is 5.91. The van der Waals surface area contributed by atoms with Gasteiger partial charge in [0, 0.05) is 12.6 Å². The molecule has 0 saturated heterocycles.